The molecular formula is C11H21FN2O. The fraction of sp³-hybridized carbons (Fsp3) is 0.909. The predicted octanol–water partition coefficient (Wildman–Crippen LogP) is 1.14. The molecule has 1 heterocycles. The van der Waals surface area contributed by atoms with Gasteiger partial charge in [0.2, 0.25) is 5.91 Å². The van der Waals surface area contributed by atoms with Crippen molar-refractivity contribution in [2.24, 2.45) is 5.92 Å². The van der Waals surface area contributed by atoms with Crippen LogP contribution >= 0.6 is 0 Å². The summed E-state index contributed by atoms with van der Waals surface area (Å²) in [6, 6.07) is 0.139. The van der Waals surface area contributed by atoms with Gasteiger partial charge in [-0.05, 0) is 20.4 Å². The van der Waals surface area contributed by atoms with Crippen LogP contribution in [0.3, 0.4) is 0 Å². The molecule has 1 aliphatic heterocycles. The Kier molecular flexibility index (Phi) is 4.08. The number of hydrogen-bond donors (Lipinski definition) is 0. The Balaban J connectivity index is 2.61. The Morgan fingerprint density at radius 2 is 2.13 bits per heavy atom. The van der Waals surface area contributed by atoms with E-state index in [1.54, 1.807) is 11.9 Å². The summed E-state index contributed by atoms with van der Waals surface area (Å²) >= 11 is 0. The monoisotopic (exact) mass is 216 g/mol. The van der Waals surface area contributed by atoms with Gasteiger partial charge in [0, 0.05) is 26.2 Å². The standard InChI is InChI=1S/C11H21FN2O/c1-5-14-6-9(10(12)7-14)11(15)13(4)8(2)3/h8-10H,5-7H2,1-4H3. The van der Waals surface area contributed by atoms with Crippen molar-refractivity contribution in [1.82, 2.24) is 9.80 Å². The summed E-state index contributed by atoms with van der Waals surface area (Å²) in [6.45, 7) is 7.66. The highest BCUT2D eigenvalue weighted by molar-refractivity contribution is 5.80. The van der Waals surface area contributed by atoms with Gasteiger partial charge in [0.1, 0.15) is 6.17 Å². The maximum absolute atomic E-state index is 13.6. The minimum absolute atomic E-state index is 0.0616. The van der Waals surface area contributed by atoms with Crippen LogP contribution in [0.4, 0.5) is 4.39 Å². The van der Waals surface area contributed by atoms with Crippen molar-refractivity contribution in [3.05, 3.63) is 0 Å². The van der Waals surface area contributed by atoms with Gasteiger partial charge in [-0.25, -0.2) is 4.39 Å². The van der Waals surface area contributed by atoms with Crippen molar-refractivity contribution in [2.45, 2.75) is 33.0 Å². The number of likely N-dealkylation sites (tertiary alicyclic amines) is 1. The van der Waals surface area contributed by atoms with Crippen LogP contribution in [0.25, 0.3) is 0 Å². The van der Waals surface area contributed by atoms with Crippen LogP contribution in [0.1, 0.15) is 20.8 Å². The molecule has 1 saturated heterocycles. The fourth-order valence-corrected chi connectivity index (χ4v) is 1.85. The highest BCUT2D eigenvalue weighted by atomic mass is 19.1. The lowest BCUT2D eigenvalue weighted by Crippen LogP contribution is -2.41. The highest BCUT2D eigenvalue weighted by Gasteiger charge is 2.38. The van der Waals surface area contributed by atoms with E-state index in [9.17, 15) is 9.18 Å². The first-order valence-corrected chi connectivity index (χ1v) is 5.60. The second-order valence-electron chi connectivity index (χ2n) is 4.52. The van der Waals surface area contributed by atoms with E-state index < -0.39 is 12.1 Å². The van der Waals surface area contributed by atoms with E-state index in [0.717, 1.165) is 6.54 Å². The second kappa shape index (κ2) is 4.92. The van der Waals surface area contributed by atoms with Crippen LogP contribution in [0.15, 0.2) is 0 Å². The Morgan fingerprint density at radius 3 is 2.53 bits per heavy atom. The zero-order chi connectivity index (χ0) is 11.6. The molecule has 4 heteroatoms. The molecule has 0 spiro atoms. The van der Waals surface area contributed by atoms with Crippen molar-refractivity contribution in [3.63, 3.8) is 0 Å². The Morgan fingerprint density at radius 1 is 1.53 bits per heavy atom. The van der Waals surface area contributed by atoms with Crippen molar-refractivity contribution in [2.75, 3.05) is 26.7 Å². The molecule has 1 amide bonds. The third-order valence-electron chi connectivity index (χ3n) is 3.21. The number of rotatable bonds is 3. The first-order valence-electron chi connectivity index (χ1n) is 5.60. The van der Waals surface area contributed by atoms with Gasteiger partial charge in [-0.1, -0.05) is 6.92 Å². The zero-order valence-electron chi connectivity index (χ0n) is 10.0. The lowest BCUT2D eigenvalue weighted by molar-refractivity contribution is -0.136. The Hall–Kier alpha value is -0.640. The summed E-state index contributed by atoms with van der Waals surface area (Å²) in [5.74, 6) is -0.522. The summed E-state index contributed by atoms with van der Waals surface area (Å²) in [5, 5.41) is 0. The summed E-state index contributed by atoms with van der Waals surface area (Å²) < 4.78 is 13.6. The average molecular weight is 216 g/mol. The summed E-state index contributed by atoms with van der Waals surface area (Å²) in [5.41, 5.74) is 0. The third-order valence-corrected chi connectivity index (χ3v) is 3.21. The van der Waals surface area contributed by atoms with E-state index in [-0.39, 0.29) is 11.9 Å². The average Bonchev–Trinajstić information content (AvgIpc) is 2.57. The molecule has 1 aliphatic rings. The molecule has 1 rings (SSSR count). The third kappa shape index (κ3) is 2.68. The number of carbonyl (C=O) groups excluding carboxylic acids is 1. The van der Waals surface area contributed by atoms with E-state index >= 15 is 0 Å². The van der Waals surface area contributed by atoms with Gasteiger partial charge in [0.15, 0.2) is 0 Å². The molecule has 3 nitrogen and oxygen atoms in total. The van der Waals surface area contributed by atoms with Gasteiger partial charge in [-0.3, -0.25) is 9.69 Å². The molecule has 0 aromatic heterocycles. The van der Waals surface area contributed by atoms with Gasteiger partial charge in [0.25, 0.3) is 0 Å². The van der Waals surface area contributed by atoms with E-state index in [1.165, 1.54) is 0 Å². The second-order valence-corrected chi connectivity index (χ2v) is 4.52. The van der Waals surface area contributed by atoms with Crippen LogP contribution in [-0.4, -0.2) is 54.6 Å². The Bertz CT molecular complexity index is 233. The number of nitrogens with zero attached hydrogens (tertiary/aromatic N) is 2. The van der Waals surface area contributed by atoms with E-state index in [1.807, 2.05) is 25.7 Å². The van der Waals surface area contributed by atoms with Gasteiger partial charge in [-0.15, -0.1) is 0 Å². The van der Waals surface area contributed by atoms with Crippen molar-refractivity contribution in [3.8, 4) is 0 Å². The largest absolute Gasteiger partial charge is 0.343 e. The number of amides is 1. The number of hydrogen-bond acceptors (Lipinski definition) is 2. The first kappa shape index (κ1) is 12.4. The predicted molar refractivity (Wildman–Crippen MR) is 58.4 cm³/mol. The maximum Gasteiger partial charge on any atom is 0.229 e. The molecule has 15 heavy (non-hydrogen) atoms. The number of halogens is 1. The molecular weight excluding hydrogens is 195 g/mol. The molecule has 0 radical (unpaired) electrons. The minimum Gasteiger partial charge on any atom is -0.343 e. The summed E-state index contributed by atoms with van der Waals surface area (Å²) in [6.07, 6.45) is -1.00. The van der Waals surface area contributed by atoms with E-state index in [2.05, 4.69) is 0 Å². The van der Waals surface area contributed by atoms with Crippen molar-refractivity contribution >= 4 is 5.91 Å². The lowest BCUT2D eigenvalue weighted by Gasteiger charge is -2.25. The van der Waals surface area contributed by atoms with Gasteiger partial charge in [0.05, 0.1) is 5.92 Å². The molecule has 0 saturated carbocycles. The number of carbonyl (C=O) groups is 1. The first-order chi connectivity index (χ1) is 6.97. The van der Waals surface area contributed by atoms with Gasteiger partial charge in [-0.2, -0.15) is 0 Å². The zero-order valence-corrected chi connectivity index (χ0v) is 10.0. The molecule has 0 aromatic rings. The van der Waals surface area contributed by atoms with Crippen molar-refractivity contribution in [1.29, 1.82) is 0 Å². The summed E-state index contributed by atoms with van der Waals surface area (Å²) in [7, 11) is 1.74. The van der Waals surface area contributed by atoms with Gasteiger partial charge >= 0.3 is 0 Å². The molecule has 88 valence electrons. The van der Waals surface area contributed by atoms with Crippen LogP contribution in [0, 0.1) is 5.92 Å². The van der Waals surface area contributed by atoms with Crippen molar-refractivity contribution < 1.29 is 9.18 Å². The lowest BCUT2D eigenvalue weighted by atomic mass is 10.1. The maximum atomic E-state index is 13.6. The molecule has 1 fully saturated rings. The SMILES string of the molecule is CCN1CC(F)C(C(=O)N(C)C(C)C)C1. The van der Waals surface area contributed by atoms with E-state index in [0.29, 0.717) is 13.1 Å². The van der Waals surface area contributed by atoms with Gasteiger partial charge < -0.3 is 4.90 Å². The molecule has 2 unspecified atom stereocenters. The fourth-order valence-electron chi connectivity index (χ4n) is 1.85. The smallest absolute Gasteiger partial charge is 0.229 e. The normalized spacial score (nSPS) is 27.3. The topological polar surface area (TPSA) is 23.6 Å². The molecule has 0 aromatic carbocycles. The quantitative estimate of drug-likeness (QED) is 0.706. The van der Waals surface area contributed by atoms with E-state index in [4.69, 9.17) is 0 Å². The molecule has 0 aliphatic carbocycles. The minimum atomic E-state index is -1.00. The molecule has 0 N–H and O–H groups in total. The molecule has 2 atom stereocenters. The van der Waals surface area contributed by atoms with Crippen LogP contribution in [0.2, 0.25) is 0 Å². The Labute approximate surface area is 91.2 Å². The summed E-state index contributed by atoms with van der Waals surface area (Å²) in [4.78, 5) is 15.5. The van der Waals surface area contributed by atoms with Crippen LogP contribution in [-0.2, 0) is 4.79 Å². The van der Waals surface area contributed by atoms with Crippen LogP contribution in [0.5, 0.6) is 0 Å². The molecule has 0 bridgehead atoms. The highest BCUT2D eigenvalue weighted by Crippen LogP contribution is 2.22. The van der Waals surface area contributed by atoms with Crippen LogP contribution < -0.4 is 0 Å². The number of alkyl halides is 1.